The molecular formula is C32H29FN4O4. The highest BCUT2D eigenvalue weighted by atomic mass is 19.1. The Labute approximate surface area is 235 Å². The number of halogens is 1. The molecule has 2 aliphatic rings. The Morgan fingerprint density at radius 3 is 2.59 bits per heavy atom. The van der Waals surface area contributed by atoms with Gasteiger partial charge in [0.15, 0.2) is 11.6 Å². The number of aromatic nitrogens is 3. The van der Waals surface area contributed by atoms with Crippen molar-refractivity contribution in [2.45, 2.75) is 38.3 Å². The number of anilines is 1. The Kier molecular flexibility index (Phi) is 6.03. The van der Waals surface area contributed by atoms with Gasteiger partial charge in [-0.2, -0.15) is 0 Å². The van der Waals surface area contributed by atoms with E-state index in [-0.39, 0.29) is 29.5 Å². The first-order chi connectivity index (χ1) is 19.9. The molecule has 0 bridgehead atoms. The summed E-state index contributed by atoms with van der Waals surface area (Å²) in [5.41, 5.74) is 2.97. The maximum Gasteiger partial charge on any atom is 0.341 e. The van der Waals surface area contributed by atoms with Crippen LogP contribution >= 0.6 is 0 Å². The number of hydrogen-bond donors (Lipinski definition) is 1. The number of benzene rings is 3. The molecule has 1 N–H and O–H groups in total. The van der Waals surface area contributed by atoms with E-state index in [4.69, 9.17) is 9.72 Å². The number of imidazole rings is 1. The summed E-state index contributed by atoms with van der Waals surface area (Å²) in [5.74, 6) is -0.370. The third-order valence-corrected chi connectivity index (χ3v) is 8.42. The molecule has 3 aromatic carbocycles. The molecule has 9 heteroatoms. The monoisotopic (exact) mass is 552 g/mol. The van der Waals surface area contributed by atoms with Gasteiger partial charge in [-0.25, -0.2) is 14.2 Å². The molecule has 4 heterocycles. The van der Waals surface area contributed by atoms with Crippen molar-refractivity contribution >= 4 is 33.6 Å². The highest BCUT2D eigenvalue weighted by Gasteiger charge is 2.33. The first kappa shape index (κ1) is 25.3. The summed E-state index contributed by atoms with van der Waals surface area (Å²) >= 11 is 0. The fourth-order valence-corrected chi connectivity index (χ4v) is 6.36. The Balaban J connectivity index is 1.24. The lowest BCUT2D eigenvalue weighted by atomic mass is 9.94. The lowest BCUT2D eigenvalue weighted by Gasteiger charge is -2.36. The van der Waals surface area contributed by atoms with Crippen LogP contribution < -0.4 is 15.1 Å². The Bertz CT molecular complexity index is 1870. The SMILES string of the molecule is C[C@H]1COc2c(N3CCC(c4nc5ccccc5n4Cc4ccccc4)CC3)c(F)cc3c(=O)c(C(=O)O)cn1c23. The molecule has 0 aliphatic carbocycles. The molecule has 8 nitrogen and oxygen atoms in total. The van der Waals surface area contributed by atoms with Crippen LogP contribution in [0, 0.1) is 5.82 Å². The van der Waals surface area contributed by atoms with E-state index < -0.39 is 17.2 Å². The van der Waals surface area contributed by atoms with E-state index in [1.807, 2.05) is 48.2 Å². The summed E-state index contributed by atoms with van der Waals surface area (Å²) in [7, 11) is 0. The second-order valence-electron chi connectivity index (χ2n) is 11.0. The fraction of sp³-hybridized carbons (Fsp3) is 0.281. The number of aromatic carboxylic acids is 1. The first-order valence-electron chi connectivity index (χ1n) is 13.9. The summed E-state index contributed by atoms with van der Waals surface area (Å²) in [6.45, 7) is 4.03. The Morgan fingerprint density at radius 2 is 1.83 bits per heavy atom. The molecule has 41 heavy (non-hydrogen) atoms. The predicted molar refractivity (Wildman–Crippen MR) is 155 cm³/mol. The van der Waals surface area contributed by atoms with Crippen molar-refractivity contribution in [1.82, 2.24) is 14.1 Å². The van der Waals surface area contributed by atoms with E-state index in [0.717, 1.165) is 36.2 Å². The summed E-state index contributed by atoms with van der Waals surface area (Å²) in [6.07, 6.45) is 2.90. The number of pyridine rings is 1. The van der Waals surface area contributed by atoms with Crippen molar-refractivity contribution in [3.8, 4) is 5.75 Å². The van der Waals surface area contributed by atoms with Crippen LogP contribution in [0.2, 0.25) is 0 Å². The lowest BCUT2D eigenvalue weighted by molar-refractivity contribution is 0.0694. The van der Waals surface area contributed by atoms with Crippen LogP contribution in [0.25, 0.3) is 21.9 Å². The van der Waals surface area contributed by atoms with Crippen LogP contribution in [0.15, 0.2) is 71.7 Å². The van der Waals surface area contributed by atoms with Gasteiger partial charge < -0.3 is 23.9 Å². The predicted octanol–water partition coefficient (Wildman–Crippen LogP) is 5.57. The van der Waals surface area contributed by atoms with Gasteiger partial charge in [0, 0.05) is 31.7 Å². The molecule has 2 aliphatic heterocycles. The zero-order valence-corrected chi connectivity index (χ0v) is 22.6. The van der Waals surface area contributed by atoms with E-state index >= 15 is 4.39 Å². The average molecular weight is 553 g/mol. The quantitative estimate of drug-likeness (QED) is 0.307. The van der Waals surface area contributed by atoms with Crippen molar-refractivity contribution in [2.24, 2.45) is 0 Å². The minimum Gasteiger partial charge on any atom is -0.487 e. The average Bonchev–Trinajstić information content (AvgIpc) is 3.34. The van der Waals surface area contributed by atoms with Crippen LogP contribution in [0.4, 0.5) is 10.1 Å². The minimum atomic E-state index is -1.33. The van der Waals surface area contributed by atoms with Crippen LogP contribution in [0.5, 0.6) is 5.75 Å². The number of para-hydroxylation sites is 2. The summed E-state index contributed by atoms with van der Waals surface area (Å²) in [4.78, 5) is 31.7. The maximum absolute atomic E-state index is 15.7. The molecule has 1 saturated heterocycles. The van der Waals surface area contributed by atoms with E-state index in [1.54, 1.807) is 4.57 Å². The smallest absolute Gasteiger partial charge is 0.341 e. The standard InChI is InChI=1S/C32H29FN4O4/c1-19-18-41-30-27-22(29(38)23(32(39)40)17-36(19)27)15-24(33)28(30)35-13-11-21(12-14-35)31-34-25-9-5-6-10-26(25)37(31)16-20-7-3-2-4-8-20/h2-10,15,17,19,21H,11-14,16,18H2,1H3,(H,39,40)/t19-/m0/s1. The van der Waals surface area contributed by atoms with Gasteiger partial charge in [-0.15, -0.1) is 0 Å². The number of carboxylic acids is 1. The van der Waals surface area contributed by atoms with Gasteiger partial charge in [-0.05, 0) is 43.5 Å². The molecule has 1 fully saturated rings. The van der Waals surface area contributed by atoms with E-state index in [1.165, 1.54) is 17.8 Å². The summed E-state index contributed by atoms with van der Waals surface area (Å²) < 4.78 is 25.8. The molecule has 1 atom stereocenters. The van der Waals surface area contributed by atoms with E-state index in [9.17, 15) is 14.7 Å². The number of piperidine rings is 1. The third-order valence-electron chi connectivity index (χ3n) is 8.42. The molecule has 5 aromatic rings. The maximum atomic E-state index is 15.7. The summed E-state index contributed by atoms with van der Waals surface area (Å²) in [5, 5.41) is 9.59. The molecule has 0 saturated carbocycles. The third kappa shape index (κ3) is 4.15. The molecule has 208 valence electrons. The minimum absolute atomic E-state index is 0.0252. The van der Waals surface area contributed by atoms with Crippen molar-refractivity contribution in [3.05, 3.63) is 99.9 Å². The number of carbonyl (C=O) groups is 1. The molecule has 0 amide bonds. The van der Waals surface area contributed by atoms with Gasteiger partial charge in [0.25, 0.3) is 0 Å². The van der Waals surface area contributed by atoms with Gasteiger partial charge in [0.1, 0.15) is 23.7 Å². The molecule has 7 rings (SSSR count). The van der Waals surface area contributed by atoms with Gasteiger partial charge in [-0.3, -0.25) is 4.79 Å². The molecular weight excluding hydrogens is 523 g/mol. The molecule has 0 unspecified atom stereocenters. The molecule has 2 aromatic heterocycles. The zero-order chi connectivity index (χ0) is 28.2. The number of hydrogen-bond acceptors (Lipinski definition) is 5. The lowest BCUT2D eigenvalue weighted by Crippen LogP contribution is -2.36. The zero-order valence-electron chi connectivity index (χ0n) is 22.6. The van der Waals surface area contributed by atoms with Gasteiger partial charge in [0.05, 0.1) is 28.0 Å². The largest absolute Gasteiger partial charge is 0.487 e. The summed E-state index contributed by atoms with van der Waals surface area (Å²) in [6, 6.07) is 19.5. The number of rotatable bonds is 5. The normalized spacial score (nSPS) is 17.2. The fourth-order valence-electron chi connectivity index (χ4n) is 6.36. The van der Waals surface area contributed by atoms with Gasteiger partial charge >= 0.3 is 5.97 Å². The molecule has 0 spiro atoms. The second-order valence-corrected chi connectivity index (χ2v) is 11.0. The number of ether oxygens (including phenoxy) is 1. The number of fused-ring (bicyclic) bond motifs is 1. The Hall–Kier alpha value is -4.66. The van der Waals surface area contributed by atoms with Gasteiger partial charge in [-0.1, -0.05) is 42.5 Å². The highest BCUT2D eigenvalue weighted by Crippen LogP contribution is 2.43. The van der Waals surface area contributed by atoms with Crippen LogP contribution in [-0.2, 0) is 6.54 Å². The van der Waals surface area contributed by atoms with Crippen molar-refractivity contribution in [1.29, 1.82) is 0 Å². The topological polar surface area (TPSA) is 89.6 Å². The Morgan fingerprint density at radius 1 is 1.10 bits per heavy atom. The van der Waals surface area contributed by atoms with Crippen molar-refractivity contribution in [2.75, 3.05) is 24.6 Å². The number of nitrogens with zero attached hydrogens (tertiary/aromatic N) is 4. The van der Waals surface area contributed by atoms with E-state index in [0.29, 0.717) is 30.0 Å². The van der Waals surface area contributed by atoms with Crippen molar-refractivity contribution < 1.29 is 19.0 Å². The molecule has 0 radical (unpaired) electrons. The first-order valence-corrected chi connectivity index (χ1v) is 13.9. The van der Waals surface area contributed by atoms with Crippen LogP contribution in [0.1, 0.15) is 53.5 Å². The van der Waals surface area contributed by atoms with Crippen LogP contribution in [0.3, 0.4) is 0 Å². The van der Waals surface area contributed by atoms with Crippen LogP contribution in [-0.4, -0.2) is 44.9 Å². The second kappa shape index (κ2) is 9.76. The highest BCUT2D eigenvalue weighted by molar-refractivity contribution is 5.97. The van der Waals surface area contributed by atoms with Crippen molar-refractivity contribution in [3.63, 3.8) is 0 Å². The van der Waals surface area contributed by atoms with E-state index in [2.05, 4.69) is 22.8 Å². The van der Waals surface area contributed by atoms with Gasteiger partial charge in [0.2, 0.25) is 5.43 Å². The number of carboxylic acid groups (broad SMARTS) is 1.